The van der Waals surface area contributed by atoms with Gasteiger partial charge in [0.05, 0.1) is 0 Å². The molecular formula is C13H16FN. The molecule has 1 aliphatic carbocycles. The average molecular weight is 205 g/mol. The van der Waals surface area contributed by atoms with Crippen LogP contribution < -0.4 is 5.32 Å². The molecule has 3 rings (SSSR count). The second-order valence-corrected chi connectivity index (χ2v) is 4.60. The van der Waals surface area contributed by atoms with Gasteiger partial charge in [0.15, 0.2) is 0 Å². The van der Waals surface area contributed by atoms with Crippen LogP contribution in [0, 0.1) is 5.82 Å². The van der Waals surface area contributed by atoms with E-state index in [1.165, 1.54) is 24.0 Å². The van der Waals surface area contributed by atoms with Crippen LogP contribution in [0.2, 0.25) is 0 Å². The van der Waals surface area contributed by atoms with Gasteiger partial charge < -0.3 is 5.32 Å². The van der Waals surface area contributed by atoms with Crippen LogP contribution in [0.1, 0.15) is 42.0 Å². The minimum Gasteiger partial charge on any atom is -0.310 e. The maximum absolute atomic E-state index is 13.9. The fraction of sp³-hybridized carbons (Fsp3) is 0.538. The normalized spacial score (nSPS) is 24.5. The summed E-state index contributed by atoms with van der Waals surface area (Å²) in [6.07, 6.45) is 5.66. The van der Waals surface area contributed by atoms with Crippen LogP contribution in [0.5, 0.6) is 0 Å². The summed E-state index contributed by atoms with van der Waals surface area (Å²) < 4.78 is 13.9. The van der Waals surface area contributed by atoms with Crippen LogP contribution in [-0.2, 0) is 12.8 Å². The van der Waals surface area contributed by atoms with E-state index in [4.69, 9.17) is 0 Å². The van der Waals surface area contributed by atoms with Crippen LogP contribution in [-0.4, -0.2) is 6.54 Å². The summed E-state index contributed by atoms with van der Waals surface area (Å²) in [5.74, 6) is -0.00458. The number of aryl methyl sites for hydroxylation is 1. The number of benzene rings is 1. The largest absolute Gasteiger partial charge is 0.310 e. The Kier molecular flexibility index (Phi) is 2.24. The Bertz CT molecular complexity index is 380. The molecule has 0 radical (unpaired) electrons. The molecule has 80 valence electrons. The molecule has 1 aromatic rings. The van der Waals surface area contributed by atoms with Crippen molar-refractivity contribution in [3.05, 3.63) is 34.6 Å². The number of hydrogen-bond acceptors (Lipinski definition) is 1. The number of halogens is 1. The van der Waals surface area contributed by atoms with E-state index in [0.717, 1.165) is 31.4 Å². The van der Waals surface area contributed by atoms with Crippen LogP contribution in [0.15, 0.2) is 12.1 Å². The molecule has 1 N–H and O–H groups in total. The molecule has 1 saturated heterocycles. The maximum Gasteiger partial charge on any atom is 0.128 e. The van der Waals surface area contributed by atoms with Gasteiger partial charge in [0, 0.05) is 11.6 Å². The van der Waals surface area contributed by atoms with Crippen molar-refractivity contribution in [1.82, 2.24) is 5.32 Å². The first-order valence-electron chi connectivity index (χ1n) is 5.90. The van der Waals surface area contributed by atoms with Crippen LogP contribution in [0.4, 0.5) is 4.39 Å². The Labute approximate surface area is 89.7 Å². The van der Waals surface area contributed by atoms with Gasteiger partial charge in [0.25, 0.3) is 0 Å². The van der Waals surface area contributed by atoms with Gasteiger partial charge in [-0.1, -0.05) is 6.07 Å². The lowest BCUT2D eigenvalue weighted by atomic mass is 9.96. The van der Waals surface area contributed by atoms with Crippen molar-refractivity contribution in [3.63, 3.8) is 0 Å². The van der Waals surface area contributed by atoms with Gasteiger partial charge >= 0.3 is 0 Å². The minimum atomic E-state index is -0.00458. The number of rotatable bonds is 1. The highest BCUT2D eigenvalue weighted by molar-refractivity contribution is 5.41. The Morgan fingerprint density at radius 1 is 1.20 bits per heavy atom. The van der Waals surface area contributed by atoms with Gasteiger partial charge in [-0.2, -0.15) is 0 Å². The van der Waals surface area contributed by atoms with Crippen LogP contribution in [0.25, 0.3) is 0 Å². The lowest BCUT2D eigenvalue weighted by molar-refractivity contribution is 0.553. The van der Waals surface area contributed by atoms with E-state index in [0.29, 0.717) is 0 Å². The monoisotopic (exact) mass is 205 g/mol. The van der Waals surface area contributed by atoms with Crippen molar-refractivity contribution in [1.29, 1.82) is 0 Å². The molecule has 0 bridgehead atoms. The van der Waals surface area contributed by atoms with Crippen LogP contribution >= 0.6 is 0 Å². The van der Waals surface area contributed by atoms with Gasteiger partial charge in [0.2, 0.25) is 0 Å². The minimum absolute atomic E-state index is 0.00458. The molecule has 1 atom stereocenters. The maximum atomic E-state index is 13.9. The van der Waals surface area contributed by atoms with Crippen molar-refractivity contribution in [2.24, 2.45) is 0 Å². The highest BCUT2D eigenvalue weighted by Crippen LogP contribution is 2.34. The topological polar surface area (TPSA) is 12.0 Å². The van der Waals surface area contributed by atoms with Gasteiger partial charge in [0.1, 0.15) is 5.82 Å². The SMILES string of the molecule is Fc1ccc2c(c1[C@H]1CCCN1)CCC2. The molecule has 15 heavy (non-hydrogen) atoms. The molecule has 0 unspecified atom stereocenters. The molecule has 0 amide bonds. The van der Waals surface area contributed by atoms with Crippen molar-refractivity contribution in [2.75, 3.05) is 6.54 Å². The first-order valence-corrected chi connectivity index (χ1v) is 5.90. The van der Waals surface area contributed by atoms with Gasteiger partial charge in [-0.3, -0.25) is 0 Å². The van der Waals surface area contributed by atoms with E-state index in [-0.39, 0.29) is 11.9 Å². The molecule has 2 heteroatoms. The van der Waals surface area contributed by atoms with Gasteiger partial charge in [-0.25, -0.2) is 4.39 Å². The zero-order chi connectivity index (χ0) is 10.3. The van der Waals surface area contributed by atoms with Crippen molar-refractivity contribution >= 4 is 0 Å². The number of hydrogen-bond donors (Lipinski definition) is 1. The van der Waals surface area contributed by atoms with Crippen LogP contribution in [0.3, 0.4) is 0 Å². The zero-order valence-electron chi connectivity index (χ0n) is 8.85. The molecular weight excluding hydrogens is 189 g/mol. The molecule has 1 aromatic carbocycles. The Morgan fingerprint density at radius 2 is 2.13 bits per heavy atom. The van der Waals surface area contributed by atoms with E-state index in [2.05, 4.69) is 5.32 Å². The van der Waals surface area contributed by atoms with Gasteiger partial charge in [-0.05, 0) is 55.8 Å². The summed E-state index contributed by atoms with van der Waals surface area (Å²) in [6.45, 7) is 1.04. The quantitative estimate of drug-likeness (QED) is 0.743. The molecule has 0 aromatic heterocycles. The number of fused-ring (bicyclic) bond motifs is 1. The van der Waals surface area contributed by atoms with Gasteiger partial charge in [-0.15, -0.1) is 0 Å². The summed E-state index contributed by atoms with van der Waals surface area (Å²) in [5.41, 5.74) is 3.65. The summed E-state index contributed by atoms with van der Waals surface area (Å²) in [7, 11) is 0. The summed E-state index contributed by atoms with van der Waals surface area (Å²) in [5, 5.41) is 3.40. The number of nitrogens with one attached hydrogen (secondary N) is 1. The van der Waals surface area contributed by atoms with Crippen molar-refractivity contribution in [3.8, 4) is 0 Å². The molecule has 0 saturated carbocycles. The fourth-order valence-corrected chi connectivity index (χ4v) is 2.97. The molecule has 2 aliphatic rings. The van der Waals surface area contributed by atoms with Crippen molar-refractivity contribution < 1.29 is 4.39 Å². The standard InChI is InChI=1S/C13H16FN/c14-11-7-6-9-3-1-4-10(9)13(11)12-5-2-8-15-12/h6-7,12,15H,1-5,8H2/t12-/m1/s1. The molecule has 1 fully saturated rings. The first kappa shape index (κ1) is 9.34. The summed E-state index contributed by atoms with van der Waals surface area (Å²) >= 11 is 0. The van der Waals surface area contributed by atoms with E-state index in [9.17, 15) is 4.39 Å². The predicted molar refractivity (Wildman–Crippen MR) is 58.4 cm³/mol. The Balaban J connectivity index is 2.08. The van der Waals surface area contributed by atoms with Crippen molar-refractivity contribution in [2.45, 2.75) is 38.1 Å². The fourth-order valence-electron chi connectivity index (χ4n) is 2.97. The molecule has 1 aliphatic heterocycles. The smallest absolute Gasteiger partial charge is 0.128 e. The third-order valence-electron chi connectivity index (χ3n) is 3.68. The lowest BCUT2D eigenvalue weighted by Crippen LogP contribution is -2.16. The highest BCUT2D eigenvalue weighted by Gasteiger charge is 2.25. The third kappa shape index (κ3) is 1.48. The zero-order valence-corrected chi connectivity index (χ0v) is 8.85. The molecule has 0 spiro atoms. The molecule has 1 heterocycles. The third-order valence-corrected chi connectivity index (χ3v) is 3.68. The predicted octanol–water partition coefficient (Wildman–Crippen LogP) is 2.74. The molecule has 1 nitrogen and oxygen atoms in total. The first-order chi connectivity index (χ1) is 7.36. The summed E-state index contributed by atoms with van der Waals surface area (Å²) in [4.78, 5) is 0. The van der Waals surface area contributed by atoms with E-state index < -0.39 is 0 Å². The summed E-state index contributed by atoms with van der Waals surface area (Å²) in [6, 6.07) is 3.90. The second-order valence-electron chi connectivity index (χ2n) is 4.60. The lowest BCUT2D eigenvalue weighted by Gasteiger charge is -2.16. The Hall–Kier alpha value is -0.890. The van der Waals surface area contributed by atoms with E-state index >= 15 is 0 Å². The van der Waals surface area contributed by atoms with E-state index in [1.54, 1.807) is 6.07 Å². The average Bonchev–Trinajstić information content (AvgIpc) is 2.85. The highest BCUT2D eigenvalue weighted by atomic mass is 19.1. The Morgan fingerprint density at radius 3 is 2.93 bits per heavy atom. The van der Waals surface area contributed by atoms with E-state index in [1.807, 2.05) is 6.07 Å². The second kappa shape index (κ2) is 3.60.